The van der Waals surface area contributed by atoms with Crippen molar-refractivity contribution in [3.63, 3.8) is 0 Å². The summed E-state index contributed by atoms with van der Waals surface area (Å²) in [6.45, 7) is 8.11. The van der Waals surface area contributed by atoms with Crippen LogP contribution in [-0.4, -0.2) is 34.2 Å². The predicted octanol–water partition coefficient (Wildman–Crippen LogP) is 2.58. The highest BCUT2D eigenvalue weighted by molar-refractivity contribution is 7.80. The van der Waals surface area contributed by atoms with Crippen molar-refractivity contribution < 1.29 is 14.4 Å². The predicted molar refractivity (Wildman–Crippen MR) is 85.9 cm³/mol. The molecule has 1 aromatic heterocycles. The Kier molecular flexibility index (Phi) is 4.66. The van der Waals surface area contributed by atoms with E-state index in [1.54, 1.807) is 6.20 Å². The van der Waals surface area contributed by atoms with Crippen molar-refractivity contribution in [1.82, 2.24) is 4.98 Å². The summed E-state index contributed by atoms with van der Waals surface area (Å²) in [5, 5.41) is 9.90. The highest BCUT2D eigenvalue weighted by Gasteiger charge is 2.52. The zero-order valence-corrected chi connectivity index (χ0v) is 13.9. The van der Waals surface area contributed by atoms with Crippen LogP contribution in [-0.2, 0) is 15.9 Å². The molecule has 2 rings (SSSR count). The molecule has 4 nitrogen and oxygen atoms in total. The summed E-state index contributed by atoms with van der Waals surface area (Å²) in [6.07, 6.45) is 3.61. The van der Waals surface area contributed by atoms with E-state index in [1.165, 1.54) is 11.3 Å². The molecule has 7 heteroatoms. The smallest absolute Gasteiger partial charge is 0.400 e. The largest absolute Gasteiger partial charge is 0.491 e. The fourth-order valence-electron chi connectivity index (χ4n) is 1.80. The third-order valence-corrected chi connectivity index (χ3v) is 5.07. The van der Waals surface area contributed by atoms with Crippen molar-refractivity contribution in [1.29, 1.82) is 0 Å². The van der Waals surface area contributed by atoms with E-state index in [2.05, 4.69) is 17.6 Å². The number of thiazole rings is 1. The molecule has 0 saturated carbocycles. The lowest BCUT2D eigenvalue weighted by Gasteiger charge is -2.32. The lowest BCUT2D eigenvalue weighted by molar-refractivity contribution is 0.00578. The monoisotopic (exact) mass is 313 g/mol. The van der Waals surface area contributed by atoms with Crippen LogP contribution in [0.1, 0.15) is 37.6 Å². The molecule has 0 aromatic carbocycles. The molecule has 2 heterocycles. The summed E-state index contributed by atoms with van der Waals surface area (Å²) < 4.78 is 12.0. The fourth-order valence-corrected chi connectivity index (χ4v) is 2.80. The van der Waals surface area contributed by atoms with Crippen LogP contribution in [0.3, 0.4) is 0 Å². The fraction of sp³-hybridized carbons (Fsp3) is 0.615. The summed E-state index contributed by atoms with van der Waals surface area (Å²) >= 11 is 5.82. The van der Waals surface area contributed by atoms with Crippen LogP contribution >= 0.6 is 24.0 Å². The number of hydrogen-bond acceptors (Lipinski definition) is 6. The van der Waals surface area contributed by atoms with Crippen LogP contribution < -0.4 is 0 Å². The van der Waals surface area contributed by atoms with Crippen molar-refractivity contribution in [2.75, 3.05) is 5.75 Å². The first kappa shape index (κ1) is 16.0. The summed E-state index contributed by atoms with van der Waals surface area (Å²) in [5.41, 5.74) is 0.211. The van der Waals surface area contributed by atoms with Gasteiger partial charge in [0, 0.05) is 11.9 Å². The maximum atomic E-state index is 9.08. The summed E-state index contributed by atoms with van der Waals surface area (Å²) in [4.78, 5) is 5.09. The van der Waals surface area contributed by atoms with Gasteiger partial charge < -0.3 is 14.4 Å². The maximum absolute atomic E-state index is 9.08. The van der Waals surface area contributed by atoms with Gasteiger partial charge in [-0.1, -0.05) is 0 Å². The van der Waals surface area contributed by atoms with E-state index in [0.717, 1.165) is 15.4 Å². The molecule has 0 atom stereocenters. The number of nitrogens with zero attached hydrogens (tertiary/aromatic N) is 1. The molecule has 0 bridgehead atoms. The minimum absolute atomic E-state index is 0.0121. The minimum atomic E-state index is -0.404. The Hall–Kier alpha value is -0.335. The van der Waals surface area contributed by atoms with Gasteiger partial charge in [0.2, 0.25) is 0 Å². The zero-order chi connectivity index (χ0) is 15.0. The SMILES string of the molecule is CC1(C)OB(C(=Cc2ncc(CO)s2)CS)OC1(C)C. The van der Waals surface area contributed by atoms with E-state index in [9.17, 15) is 0 Å². The van der Waals surface area contributed by atoms with E-state index in [-0.39, 0.29) is 17.8 Å². The molecule has 0 unspecified atom stereocenters. The lowest BCUT2D eigenvalue weighted by Crippen LogP contribution is -2.41. The molecule has 1 aliphatic rings. The number of aromatic nitrogens is 1. The molecular formula is C13H20BNO3S2. The third-order valence-electron chi connectivity index (χ3n) is 3.77. The molecule has 0 radical (unpaired) electrons. The van der Waals surface area contributed by atoms with Crippen LogP contribution in [0.4, 0.5) is 0 Å². The van der Waals surface area contributed by atoms with Gasteiger partial charge in [-0.15, -0.1) is 11.3 Å². The molecule has 1 fully saturated rings. The molecule has 0 amide bonds. The molecule has 110 valence electrons. The molecule has 1 saturated heterocycles. The van der Waals surface area contributed by atoms with Gasteiger partial charge in [-0.2, -0.15) is 12.6 Å². The van der Waals surface area contributed by atoms with Gasteiger partial charge in [0.1, 0.15) is 5.01 Å². The van der Waals surface area contributed by atoms with Gasteiger partial charge >= 0.3 is 7.12 Å². The van der Waals surface area contributed by atoms with E-state index >= 15 is 0 Å². The summed E-state index contributed by atoms with van der Waals surface area (Å²) in [5.74, 6) is 0.533. The second-order valence-electron chi connectivity index (χ2n) is 5.79. The number of aliphatic hydroxyl groups excluding tert-OH is 1. The summed E-state index contributed by atoms with van der Waals surface area (Å²) in [6, 6.07) is 0. The van der Waals surface area contributed by atoms with Crippen molar-refractivity contribution in [2.24, 2.45) is 0 Å². The average molecular weight is 313 g/mol. The first-order valence-electron chi connectivity index (χ1n) is 6.51. The molecule has 1 aromatic rings. The average Bonchev–Trinajstić information content (AvgIpc) is 2.89. The Morgan fingerprint density at radius 2 is 2.00 bits per heavy atom. The van der Waals surface area contributed by atoms with Gasteiger partial charge in [-0.3, -0.25) is 0 Å². The molecule has 20 heavy (non-hydrogen) atoms. The van der Waals surface area contributed by atoms with Gasteiger partial charge in [0.15, 0.2) is 0 Å². The van der Waals surface area contributed by atoms with E-state index in [4.69, 9.17) is 14.4 Å². The first-order valence-corrected chi connectivity index (χ1v) is 7.96. The first-order chi connectivity index (χ1) is 9.29. The molecule has 0 spiro atoms. The number of hydrogen-bond donors (Lipinski definition) is 2. The molecule has 1 N–H and O–H groups in total. The van der Waals surface area contributed by atoms with Gasteiger partial charge in [0.25, 0.3) is 0 Å². The number of thiol groups is 1. The Bertz CT molecular complexity index is 497. The standard InChI is InChI=1S/C13H20BNO3S2/c1-12(2)13(3,4)18-14(17-12)9(8-19)5-11-15-6-10(7-16)20-11/h5-6,16,19H,7-8H2,1-4H3. The number of rotatable bonds is 4. The second-order valence-corrected chi connectivity index (χ2v) is 7.25. The quantitative estimate of drug-likeness (QED) is 0.663. The Labute approximate surface area is 129 Å². The van der Waals surface area contributed by atoms with Gasteiger partial charge in [-0.25, -0.2) is 4.98 Å². The highest BCUT2D eigenvalue weighted by atomic mass is 32.1. The van der Waals surface area contributed by atoms with E-state index in [1.807, 2.05) is 33.8 Å². The van der Waals surface area contributed by atoms with Crippen LogP contribution in [0.25, 0.3) is 6.08 Å². The van der Waals surface area contributed by atoms with E-state index < -0.39 is 7.12 Å². The number of aliphatic hydroxyl groups is 1. The van der Waals surface area contributed by atoms with Crippen LogP contribution in [0.2, 0.25) is 0 Å². The lowest BCUT2D eigenvalue weighted by atomic mass is 9.79. The maximum Gasteiger partial charge on any atom is 0.491 e. The Balaban J connectivity index is 2.21. The minimum Gasteiger partial charge on any atom is -0.400 e. The zero-order valence-electron chi connectivity index (χ0n) is 12.2. The van der Waals surface area contributed by atoms with Crippen LogP contribution in [0.15, 0.2) is 11.7 Å². The third kappa shape index (κ3) is 3.12. The highest BCUT2D eigenvalue weighted by Crippen LogP contribution is 2.39. The van der Waals surface area contributed by atoms with Crippen molar-refractivity contribution in [2.45, 2.75) is 45.5 Å². The van der Waals surface area contributed by atoms with Crippen LogP contribution in [0.5, 0.6) is 0 Å². The van der Waals surface area contributed by atoms with Crippen molar-refractivity contribution in [3.05, 3.63) is 21.6 Å². The van der Waals surface area contributed by atoms with Gasteiger partial charge in [-0.05, 0) is 39.2 Å². The molecule has 0 aliphatic carbocycles. The Morgan fingerprint density at radius 3 is 2.45 bits per heavy atom. The van der Waals surface area contributed by atoms with Crippen molar-refractivity contribution >= 4 is 37.2 Å². The van der Waals surface area contributed by atoms with E-state index in [0.29, 0.717) is 5.75 Å². The molecule has 1 aliphatic heterocycles. The van der Waals surface area contributed by atoms with Crippen molar-refractivity contribution in [3.8, 4) is 0 Å². The van der Waals surface area contributed by atoms with Gasteiger partial charge in [0.05, 0.1) is 22.7 Å². The normalized spacial score (nSPS) is 21.5. The second kappa shape index (κ2) is 5.81. The summed E-state index contributed by atoms with van der Waals surface area (Å²) in [7, 11) is -0.404. The molecular weight excluding hydrogens is 293 g/mol. The topological polar surface area (TPSA) is 51.6 Å². The van der Waals surface area contributed by atoms with Crippen LogP contribution in [0, 0.1) is 0 Å². The Morgan fingerprint density at radius 1 is 1.40 bits per heavy atom.